The van der Waals surface area contributed by atoms with Gasteiger partial charge in [-0.1, -0.05) is 11.6 Å². The smallest absolute Gasteiger partial charge is 0.252 e. The van der Waals surface area contributed by atoms with Gasteiger partial charge in [0, 0.05) is 25.9 Å². The number of aryl methyl sites for hydroxylation is 1. The van der Waals surface area contributed by atoms with E-state index in [1.165, 1.54) is 35.5 Å². The molecule has 0 saturated heterocycles. The van der Waals surface area contributed by atoms with Gasteiger partial charge in [-0.05, 0) is 38.2 Å². The summed E-state index contributed by atoms with van der Waals surface area (Å²) in [6, 6.07) is 2.98. The predicted molar refractivity (Wildman–Crippen MR) is 75.2 cm³/mol. The summed E-state index contributed by atoms with van der Waals surface area (Å²) in [6.45, 7) is 0.660. The van der Waals surface area contributed by atoms with Crippen LogP contribution in [0.15, 0.2) is 34.8 Å². The lowest BCUT2D eigenvalue weighted by atomic mass is 9.97. The lowest BCUT2D eigenvalue weighted by Gasteiger charge is -2.13. The third-order valence-electron chi connectivity index (χ3n) is 3.46. The van der Waals surface area contributed by atoms with Crippen molar-refractivity contribution >= 4 is 5.91 Å². The van der Waals surface area contributed by atoms with E-state index < -0.39 is 0 Å². The first-order valence-electron chi connectivity index (χ1n) is 6.79. The van der Waals surface area contributed by atoms with Crippen LogP contribution in [0.2, 0.25) is 0 Å². The van der Waals surface area contributed by atoms with Crippen molar-refractivity contribution in [2.45, 2.75) is 32.1 Å². The minimum Gasteiger partial charge on any atom is -0.352 e. The molecular weight excluding hydrogens is 240 g/mol. The van der Waals surface area contributed by atoms with E-state index in [2.05, 4.69) is 11.4 Å². The number of nitrogens with zero attached hydrogens (tertiary/aromatic N) is 1. The predicted octanol–water partition coefficient (Wildman–Crippen LogP) is 2.01. The third kappa shape index (κ3) is 3.81. The van der Waals surface area contributed by atoms with Crippen LogP contribution >= 0.6 is 0 Å². The summed E-state index contributed by atoms with van der Waals surface area (Å²) in [6.07, 6.45) is 9.67. The summed E-state index contributed by atoms with van der Waals surface area (Å²) in [4.78, 5) is 23.1. The Bertz CT molecular complexity index is 543. The van der Waals surface area contributed by atoms with Crippen molar-refractivity contribution in [2.24, 2.45) is 7.05 Å². The van der Waals surface area contributed by atoms with Crippen LogP contribution in [0.1, 0.15) is 42.5 Å². The highest BCUT2D eigenvalue weighted by Crippen LogP contribution is 2.19. The monoisotopic (exact) mass is 260 g/mol. The zero-order chi connectivity index (χ0) is 13.7. The zero-order valence-electron chi connectivity index (χ0n) is 11.3. The molecule has 4 nitrogen and oxygen atoms in total. The molecule has 4 heteroatoms. The molecule has 0 bridgehead atoms. The van der Waals surface area contributed by atoms with Crippen LogP contribution < -0.4 is 10.9 Å². The number of amides is 1. The number of allylic oxidation sites excluding steroid dienone is 1. The summed E-state index contributed by atoms with van der Waals surface area (Å²) in [5.74, 6) is -0.119. The second-order valence-electron chi connectivity index (χ2n) is 4.98. The average Bonchev–Trinajstić information content (AvgIpc) is 2.43. The Morgan fingerprint density at radius 1 is 1.37 bits per heavy atom. The Morgan fingerprint density at radius 2 is 2.21 bits per heavy atom. The Kier molecular flexibility index (Phi) is 4.55. The maximum Gasteiger partial charge on any atom is 0.252 e. The van der Waals surface area contributed by atoms with Crippen LogP contribution in [-0.4, -0.2) is 17.0 Å². The minimum absolute atomic E-state index is 0.107. The highest BCUT2D eigenvalue weighted by atomic mass is 16.1. The highest BCUT2D eigenvalue weighted by Gasteiger charge is 2.07. The van der Waals surface area contributed by atoms with Gasteiger partial charge in [0.2, 0.25) is 5.56 Å². The van der Waals surface area contributed by atoms with Crippen molar-refractivity contribution in [1.82, 2.24) is 9.88 Å². The Labute approximate surface area is 113 Å². The van der Waals surface area contributed by atoms with Crippen LogP contribution in [0.25, 0.3) is 0 Å². The van der Waals surface area contributed by atoms with Crippen molar-refractivity contribution in [3.05, 3.63) is 45.9 Å². The maximum absolute atomic E-state index is 11.9. The number of rotatable bonds is 4. The van der Waals surface area contributed by atoms with E-state index in [0.717, 1.165) is 12.8 Å². The van der Waals surface area contributed by atoms with Crippen LogP contribution in [0.5, 0.6) is 0 Å². The van der Waals surface area contributed by atoms with Gasteiger partial charge in [-0.2, -0.15) is 0 Å². The molecule has 0 atom stereocenters. The molecule has 102 valence electrons. The second-order valence-corrected chi connectivity index (χ2v) is 4.98. The summed E-state index contributed by atoms with van der Waals surface area (Å²) in [7, 11) is 1.64. The van der Waals surface area contributed by atoms with Crippen molar-refractivity contribution in [3.63, 3.8) is 0 Å². The van der Waals surface area contributed by atoms with E-state index in [4.69, 9.17) is 0 Å². The SMILES string of the molecule is Cn1cc(C(=O)NCCC2=CCCCC2)ccc1=O. The second kappa shape index (κ2) is 6.36. The highest BCUT2D eigenvalue weighted by molar-refractivity contribution is 5.93. The number of pyridine rings is 1. The summed E-state index contributed by atoms with van der Waals surface area (Å²) in [5.41, 5.74) is 1.87. The molecule has 1 amide bonds. The van der Waals surface area contributed by atoms with Gasteiger partial charge in [0.05, 0.1) is 5.56 Å². The normalized spacial score (nSPS) is 14.9. The lowest BCUT2D eigenvalue weighted by Crippen LogP contribution is -2.27. The number of hydrogen-bond acceptors (Lipinski definition) is 2. The lowest BCUT2D eigenvalue weighted by molar-refractivity contribution is 0.0953. The number of carbonyl (C=O) groups is 1. The standard InChI is InChI=1S/C15H20N2O2/c1-17-11-13(7-8-14(17)18)15(19)16-10-9-12-5-3-2-4-6-12/h5,7-8,11H,2-4,6,9-10H2,1H3,(H,16,19). The molecule has 1 heterocycles. The molecule has 1 aliphatic carbocycles. The van der Waals surface area contributed by atoms with Crippen molar-refractivity contribution in [3.8, 4) is 0 Å². The van der Waals surface area contributed by atoms with Gasteiger partial charge in [-0.3, -0.25) is 9.59 Å². The molecule has 19 heavy (non-hydrogen) atoms. The Balaban J connectivity index is 1.85. The largest absolute Gasteiger partial charge is 0.352 e. The zero-order valence-corrected chi connectivity index (χ0v) is 11.3. The number of carbonyl (C=O) groups excluding carboxylic acids is 1. The van der Waals surface area contributed by atoms with Crippen molar-refractivity contribution < 1.29 is 4.79 Å². The molecule has 0 aromatic carbocycles. The third-order valence-corrected chi connectivity index (χ3v) is 3.46. The summed E-state index contributed by atoms with van der Waals surface area (Å²) < 4.78 is 1.42. The van der Waals surface area contributed by atoms with Crippen LogP contribution in [0, 0.1) is 0 Å². The van der Waals surface area contributed by atoms with E-state index >= 15 is 0 Å². The molecule has 1 aliphatic rings. The fraction of sp³-hybridized carbons (Fsp3) is 0.467. The molecule has 0 spiro atoms. The van der Waals surface area contributed by atoms with E-state index in [1.807, 2.05) is 0 Å². The van der Waals surface area contributed by atoms with Gasteiger partial charge in [0.1, 0.15) is 0 Å². The maximum atomic E-state index is 11.9. The first-order chi connectivity index (χ1) is 9.16. The Hall–Kier alpha value is -1.84. The fourth-order valence-corrected chi connectivity index (χ4v) is 2.30. The molecule has 0 unspecified atom stereocenters. The van der Waals surface area contributed by atoms with Gasteiger partial charge in [0.25, 0.3) is 5.91 Å². The van der Waals surface area contributed by atoms with Crippen LogP contribution in [0.3, 0.4) is 0 Å². The van der Waals surface area contributed by atoms with Gasteiger partial charge in [-0.15, -0.1) is 0 Å². The number of aromatic nitrogens is 1. The molecule has 0 radical (unpaired) electrons. The van der Waals surface area contributed by atoms with Gasteiger partial charge in [0.15, 0.2) is 0 Å². The number of hydrogen-bond donors (Lipinski definition) is 1. The van der Waals surface area contributed by atoms with Gasteiger partial charge in [-0.25, -0.2) is 0 Å². The van der Waals surface area contributed by atoms with Crippen LogP contribution in [-0.2, 0) is 7.05 Å². The van der Waals surface area contributed by atoms with E-state index in [9.17, 15) is 9.59 Å². The molecular formula is C15H20N2O2. The summed E-state index contributed by atoms with van der Waals surface area (Å²) in [5, 5.41) is 2.90. The van der Waals surface area contributed by atoms with E-state index in [-0.39, 0.29) is 11.5 Å². The van der Waals surface area contributed by atoms with E-state index in [0.29, 0.717) is 12.1 Å². The van der Waals surface area contributed by atoms with Crippen molar-refractivity contribution in [1.29, 1.82) is 0 Å². The fourth-order valence-electron chi connectivity index (χ4n) is 2.30. The topological polar surface area (TPSA) is 51.1 Å². The average molecular weight is 260 g/mol. The molecule has 1 aromatic rings. The molecule has 1 aromatic heterocycles. The Morgan fingerprint density at radius 3 is 2.89 bits per heavy atom. The molecule has 0 saturated carbocycles. The van der Waals surface area contributed by atoms with Gasteiger partial charge >= 0.3 is 0 Å². The first kappa shape index (κ1) is 13.6. The minimum atomic E-state index is -0.119. The molecule has 0 aliphatic heterocycles. The summed E-state index contributed by atoms with van der Waals surface area (Å²) >= 11 is 0. The quantitative estimate of drug-likeness (QED) is 0.842. The number of nitrogens with one attached hydrogen (secondary N) is 1. The van der Waals surface area contributed by atoms with Crippen LogP contribution in [0.4, 0.5) is 0 Å². The van der Waals surface area contributed by atoms with Crippen molar-refractivity contribution in [2.75, 3.05) is 6.54 Å². The molecule has 0 fully saturated rings. The van der Waals surface area contributed by atoms with E-state index in [1.54, 1.807) is 19.3 Å². The molecule has 1 N–H and O–H groups in total. The first-order valence-corrected chi connectivity index (χ1v) is 6.79. The van der Waals surface area contributed by atoms with Gasteiger partial charge < -0.3 is 9.88 Å². The molecule has 2 rings (SSSR count).